The summed E-state index contributed by atoms with van der Waals surface area (Å²) >= 11 is 0. The van der Waals surface area contributed by atoms with Gasteiger partial charge in [-0.2, -0.15) is 0 Å². The normalized spacial score (nSPS) is 29.7. The van der Waals surface area contributed by atoms with Crippen molar-refractivity contribution in [1.82, 2.24) is 4.90 Å². The molecule has 0 saturated heterocycles. The molecule has 1 rings (SSSR count). The van der Waals surface area contributed by atoms with Gasteiger partial charge in [0.25, 0.3) is 0 Å². The van der Waals surface area contributed by atoms with E-state index in [0.717, 1.165) is 25.6 Å². The van der Waals surface area contributed by atoms with Gasteiger partial charge < -0.3 is 10.5 Å². The lowest BCUT2D eigenvalue weighted by Crippen LogP contribution is -2.63. The molecule has 0 radical (unpaired) electrons. The molecule has 1 aliphatic rings. The Bertz CT molecular complexity index is 247. The third-order valence-corrected chi connectivity index (χ3v) is 5.25. The first kappa shape index (κ1) is 16.9. The molecule has 0 spiro atoms. The number of ether oxygens (including phenoxy) is 1. The molecule has 3 atom stereocenters. The van der Waals surface area contributed by atoms with E-state index >= 15 is 0 Å². The fourth-order valence-corrected chi connectivity index (χ4v) is 3.93. The van der Waals surface area contributed by atoms with Gasteiger partial charge in [0.1, 0.15) is 0 Å². The van der Waals surface area contributed by atoms with Gasteiger partial charge in [-0.1, -0.05) is 33.1 Å². The fourth-order valence-electron chi connectivity index (χ4n) is 3.93. The van der Waals surface area contributed by atoms with Gasteiger partial charge in [0.05, 0.1) is 6.61 Å². The molecule has 0 aliphatic heterocycles. The van der Waals surface area contributed by atoms with Crippen LogP contribution in [0, 0.1) is 5.92 Å². The van der Waals surface area contributed by atoms with Crippen molar-refractivity contribution in [3.05, 3.63) is 0 Å². The minimum atomic E-state index is 0.209. The molecule has 2 N–H and O–H groups in total. The maximum absolute atomic E-state index is 6.29. The number of hydrogen-bond acceptors (Lipinski definition) is 3. The van der Waals surface area contributed by atoms with Crippen LogP contribution in [0.2, 0.25) is 0 Å². The van der Waals surface area contributed by atoms with Crippen LogP contribution >= 0.6 is 0 Å². The third-order valence-electron chi connectivity index (χ3n) is 5.25. The molecule has 3 heteroatoms. The molecule has 0 amide bonds. The molecule has 0 bridgehead atoms. The summed E-state index contributed by atoms with van der Waals surface area (Å²) in [6.45, 7) is 9.56. The topological polar surface area (TPSA) is 38.5 Å². The summed E-state index contributed by atoms with van der Waals surface area (Å²) in [5, 5.41) is 0. The van der Waals surface area contributed by atoms with E-state index in [9.17, 15) is 0 Å². The summed E-state index contributed by atoms with van der Waals surface area (Å²) < 4.78 is 5.33. The third kappa shape index (κ3) is 3.71. The average molecular weight is 270 g/mol. The van der Waals surface area contributed by atoms with Crippen LogP contribution in [0.25, 0.3) is 0 Å². The first-order valence-electron chi connectivity index (χ1n) is 8.12. The van der Waals surface area contributed by atoms with Crippen LogP contribution in [0.3, 0.4) is 0 Å². The standard InChI is InChI=1S/C16H34N2O/c1-5-14(3)18(11-12-19-4)16(13-17)10-8-7-9-15(16)6-2/h14-15H,5-13,17H2,1-4H3. The van der Waals surface area contributed by atoms with E-state index in [1.807, 2.05) is 0 Å². The molecule has 1 fully saturated rings. The monoisotopic (exact) mass is 270 g/mol. The quantitative estimate of drug-likeness (QED) is 0.737. The highest BCUT2D eigenvalue weighted by atomic mass is 16.5. The van der Waals surface area contributed by atoms with Crippen molar-refractivity contribution in [1.29, 1.82) is 0 Å². The molecular weight excluding hydrogens is 236 g/mol. The van der Waals surface area contributed by atoms with E-state index < -0.39 is 0 Å². The summed E-state index contributed by atoms with van der Waals surface area (Å²) in [4.78, 5) is 2.67. The SMILES string of the molecule is CCC(C)N(CCOC)C1(CN)CCCCC1CC. The Labute approximate surface area is 119 Å². The Balaban J connectivity index is 2.96. The lowest BCUT2D eigenvalue weighted by atomic mass is 9.69. The van der Waals surface area contributed by atoms with Crippen LogP contribution in [0.15, 0.2) is 0 Å². The highest BCUT2D eigenvalue weighted by Gasteiger charge is 2.44. The van der Waals surface area contributed by atoms with E-state index in [-0.39, 0.29) is 5.54 Å². The second kappa shape index (κ2) is 8.23. The highest BCUT2D eigenvalue weighted by Crippen LogP contribution is 2.41. The number of nitrogens with two attached hydrogens (primary N) is 1. The van der Waals surface area contributed by atoms with Crippen molar-refractivity contribution in [2.24, 2.45) is 11.7 Å². The molecule has 3 nitrogen and oxygen atoms in total. The van der Waals surface area contributed by atoms with Crippen molar-refractivity contribution in [2.75, 3.05) is 26.8 Å². The Morgan fingerprint density at radius 1 is 1.37 bits per heavy atom. The van der Waals surface area contributed by atoms with Gasteiger partial charge in [-0.05, 0) is 32.1 Å². The minimum absolute atomic E-state index is 0.209. The van der Waals surface area contributed by atoms with E-state index in [2.05, 4.69) is 25.7 Å². The minimum Gasteiger partial charge on any atom is -0.383 e. The second-order valence-corrected chi connectivity index (χ2v) is 6.10. The van der Waals surface area contributed by atoms with Gasteiger partial charge in [0.15, 0.2) is 0 Å². The lowest BCUT2D eigenvalue weighted by Gasteiger charge is -2.53. The van der Waals surface area contributed by atoms with Crippen LogP contribution < -0.4 is 5.73 Å². The molecular formula is C16H34N2O. The Morgan fingerprint density at radius 2 is 2.11 bits per heavy atom. The Kier molecular flexibility index (Phi) is 7.33. The van der Waals surface area contributed by atoms with Gasteiger partial charge in [-0.25, -0.2) is 0 Å². The predicted octanol–water partition coefficient (Wildman–Crippen LogP) is 3.03. The second-order valence-electron chi connectivity index (χ2n) is 6.10. The molecule has 1 aliphatic carbocycles. The Hall–Kier alpha value is -0.120. The molecule has 3 unspecified atom stereocenters. The van der Waals surface area contributed by atoms with E-state index in [1.165, 1.54) is 38.5 Å². The predicted molar refractivity (Wildman–Crippen MR) is 82.4 cm³/mol. The molecule has 0 heterocycles. The summed E-state index contributed by atoms with van der Waals surface area (Å²) in [6, 6.07) is 0.589. The molecule has 0 aromatic rings. The largest absolute Gasteiger partial charge is 0.383 e. The van der Waals surface area contributed by atoms with Crippen molar-refractivity contribution in [3.63, 3.8) is 0 Å². The lowest BCUT2D eigenvalue weighted by molar-refractivity contribution is -0.0349. The van der Waals surface area contributed by atoms with Crippen LogP contribution in [0.1, 0.15) is 59.3 Å². The van der Waals surface area contributed by atoms with Gasteiger partial charge in [-0.3, -0.25) is 4.90 Å². The average Bonchev–Trinajstić information content (AvgIpc) is 2.47. The summed E-state index contributed by atoms with van der Waals surface area (Å²) in [5.74, 6) is 0.747. The zero-order valence-corrected chi connectivity index (χ0v) is 13.5. The van der Waals surface area contributed by atoms with E-state index in [4.69, 9.17) is 10.5 Å². The zero-order valence-electron chi connectivity index (χ0n) is 13.5. The molecule has 1 saturated carbocycles. The highest BCUT2D eigenvalue weighted by molar-refractivity contribution is 5.00. The smallest absolute Gasteiger partial charge is 0.0590 e. The summed E-state index contributed by atoms with van der Waals surface area (Å²) in [5.41, 5.74) is 6.50. The van der Waals surface area contributed by atoms with Crippen molar-refractivity contribution < 1.29 is 4.74 Å². The van der Waals surface area contributed by atoms with Gasteiger partial charge >= 0.3 is 0 Å². The maximum atomic E-state index is 6.29. The molecule has 19 heavy (non-hydrogen) atoms. The van der Waals surface area contributed by atoms with Gasteiger partial charge in [0, 0.05) is 31.8 Å². The van der Waals surface area contributed by atoms with Gasteiger partial charge in [0.2, 0.25) is 0 Å². The van der Waals surface area contributed by atoms with Crippen LogP contribution in [0.4, 0.5) is 0 Å². The van der Waals surface area contributed by atoms with Crippen LogP contribution in [-0.2, 0) is 4.74 Å². The first-order chi connectivity index (χ1) is 9.16. The van der Waals surface area contributed by atoms with Crippen LogP contribution in [-0.4, -0.2) is 43.3 Å². The molecule has 0 aromatic heterocycles. The van der Waals surface area contributed by atoms with E-state index in [0.29, 0.717) is 6.04 Å². The fraction of sp³-hybridized carbons (Fsp3) is 1.00. The number of methoxy groups -OCH3 is 1. The van der Waals surface area contributed by atoms with Crippen molar-refractivity contribution in [3.8, 4) is 0 Å². The first-order valence-corrected chi connectivity index (χ1v) is 8.12. The van der Waals surface area contributed by atoms with E-state index in [1.54, 1.807) is 7.11 Å². The number of hydrogen-bond donors (Lipinski definition) is 1. The maximum Gasteiger partial charge on any atom is 0.0590 e. The molecule has 114 valence electrons. The molecule has 0 aromatic carbocycles. The van der Waals surface area contributed by atoms with Crippen molar-refractivity contribution >= 4 is 0 Å². The Morgan fingerprint density at radius 3 is 2.63 bits per heavy atom. The number of rotatable bonds is 8. The summed E-state index contributed by atoms with van der Waals surface area (Å²) in [7, 11) is 1.79. The number of nitrogens with zero attached hydrogens (tertiary/aromatic N) is 1. The zero-order chi connectivity index (χ0) is 14.3. The van der Waals surface area contributed by atoms with Crippen LogP contribution in [0.5, 0.6) is 0 Å². The van der Waals surface area contributed by atoms with Crippen molar-refractivity contribution in [2.45, 2.75) is 70.9 Å². The van der Waals surface area contributed by atoms with Gasteiger partial charge in [-0.15, -0.1) is 0 Å². The summed E-state index contributed by atoms with van der Waals surface area (Å²) in [6.07, 6.45) is 7.73.